The average molecular weight is 486 g/mol. The van der Waals surface area contributed by atoms with Crippen molar-refractivity contribution in [2.75, 3.05) is 24.5 Å². The Bertz CT molecular complexity index is 1390. The molecular formula is C29H31N3O4. The van der Waals surface area contributed by atoms with Gasteiger partial charge in [-0.25, -0.2) is 9.36 Å². The first-order chi connectivity index (χ1) is 17.5. The fourth-order valence-electron chi connectivity index (χ4n) is 4.71. The Balaban J connectivity index is 1.39. The first kappa shape index (κ1) is 23.9. The number of nitrogens with one attached hydrogen (secondary N) is 1. The number of aromatic nitrogens is 1. The molecule has 0 saturated carbocycles. The molecule has 0 bridgehead atoms. The zero-order valence-electron chi connectivity index (χ0n) is 20.6. The second-order valence-electron chi connectivity index (χ2n) is 9.49. The molecule has 1 aromatic heterocycles. The van der Waals surface area contributed by atoms with Gasteiger partial charge >= 0.3 is 11.7 Å². The maximum absolute atomic E-state index is 12.7. The smallest absolute Gasteiger partial charge is 0.422 e. The molecule has 1 fully saturated rings. The second kappa shape index (κ2) is 10.4. The molecule has 4 aromatic rings. The third kappa shape index (κ3) is 4.93. The molecule has 1 aliphatic heterocycles. The summed E-state index contributed by atoms with van der Waals surface area (Å²) in [5, 5.41) is 3.50. The van der Waals surface area contributed by atoms with Gasteiger partial charge in [0, 0.05) is 25.7 Å². The Kier molecular flexibility index (Phi) is 6.91. The van der Waals surface area contributed by atoms with E-state index in [9.17, 15) is 9.59 Å². The van der Waals surface area contributed by atoms with E-state index in [4.69, 9.17) is 9.15 Å². The Morgan fingerprint density at radius 1 is 1.03 bits per heavy atom. The minimum absolute atomic E-state index is 0.162. The highest BCUT2D eigenvalue weighted by molar-refractivity contribution is 5.87. The van der Waals surface area contributed by atoms with Crippen molar-refractivity contribution in [3.63, 3.8) is 0 Å². The number of piperazine rings is 1. The molecule has 0 spiro atoms. The van der Waals surface area contributed by atoms with Gasteiger partial charge in [-0.3, -0.25) is 4.79 Å². The van der Waals surface area contributed by atoms with Gasteiger partial charge in [0.2, 0.25) is 0 Å². The van der Waals surface area contributed by atoms with Crippen LogP contribution in [0.3, 0.4) is 0 Å². The number of para-hydroxylation sites is 1. The molecule has 7 nitrogen and oxygen atoms in total. The number of nitrogens with zero attached hydrogens (tertiary/aromatic N) is 2. The van der Waals surface area contributed by atoms with Crippen LogP contribution >= 0.6 is 0 Å². The summed E-state index contributed by atoms with van der Waals surface area (Å²) in [5.41, 5.74) is 5.68. The number of carbonyl (C=O) groups is 1. The van der Waals surface area contributed by atoms with Crippen LogP contribution in [0.5, 0.6) is 0 Å². The van der Waals surface area contributed by atoms with E-state index >= 15 is 0 Å². The number of esters is 1. The molecule has 1 unspecified atom stereocenters. The number of oxazole rings is 1. The molecule has 0 aliphatic carbocycles. The molecule has 1 N–H and O–H groups in total. The summed E-state index contributed by atoms with van der Waals surface area (Å²) in [7, 11) is 0. The van der Waals surface area contributed by atoms with Gasteiger partial charge in [0.05, 0.1) is 17.1 Å². The Hall–Kier alpha value is -3.84. The summed E-state index contributed by atoms with van der Waals surface area (Å²) in [6.45, 7) is 5.82. The SMILES string of the molecule is CC(C)C(=O)OCn1c(=O)oc2c(N3CCNCC3Cc3ccc(-c4ccccc4)cc3)cccc21. The maximum atomic E-state index is 12.7. The van der Waals surface area contributed by atoms with E-state index < -0.39 is 5.76 Å². The molecule has 1 atom stereocenters. The maximum Gasteiger partial charge on any atom is 0.422 e. The summed E-state index contributed by atoms with van der Waals surface area (Å²) in [6, 6.07) is 25.0. The first-order valence-electron chi connectivity index (χ1n) is 12.4. The second-order valence-corrected chi connectivity index (χ2v) is 9.49. The fraction of sp³-hybridized carbons (Fsp3) is 0.310. The molecule has 3 aromatic carbocycles. The third-order valence-corrected chi connectivity index (χ3v) is 6.67. The van der Waals surface area contributed by atoms with Crippen LogP contribution < -0.4 is 16.0 Å². The number of rotatable bonds is 7. The highest BCUT2D eigenvalue weighted by Gasteiger charge is 2.26. The van der Waals surface area contributed by atoms with Gasteiger partial charge in [0.25, 0.3) is 0 Å². The summed E-state index contributed by atoms with van der Waals surface area (Å²) in [5.74, 6) is -1.15. The van der Waals surface area contributed by atoms with Crippen LogP contribution in [-0.2, 0) is 22.7 Å². The minimum atomic E-state index is -0.530. The fourth-order valence-corrected chi connectivity index (χ4v) is 4.71. The summed E-state index contributed by atoms with van der Waals surface area (Å²) < 4.78 is 12.4. The quantitative estimate of drug-likeness (QED) is 0.390. The van der Waals surface area contributed by atoms with E-state index in [-0.39, 0.29) is 24.7 Å². The van der Waals surface area contributed by atoms with Crippen LogP contribution in [0.15, 0.2) is 82.0 Å². The van der Waals surface area contributed by atoms with Gasteiger partial charge in [-0.1, -0.05) is 74.5 Å². The molecule has 186 valence electrons. The van der Waals surface area contributed by atoms with Gasteiger partial charge in [-0.2, -0.15) is 0 Å². The van der Waals surface area contributed by atoms with Crippen LogP contribution in [0, 0.1) is 5.92 Å². The molecule has 0 amide bonds. The molecule has 0 radical (unpaired) electrons. The zero-order chi connectivity index (χ0) is 25.1. The van der Waals surface area contributed by atoms with Crippen molar-refractivity contribution < 1.29 is 13.9 Å². The molecule has 1 saturated heterocycles. The van der Waals surface area contributed by atoms with Crippen LogP contribution in [0.2, 0.25) is 0 Å². The van der Waals surface area contributed by atoms with E-state index in [1.807, 2.05) is 24.3 Å². The Labute approximate surface area is 210 Å². The lowest BCUT2D eigenvalue weighted by molar-refractivity contribution is -0.151. The number of carbonyl (C=O) groups excluding carboxylic acids is 1. The number of benzene rings is 3. The van der Waals surface area contributed by atoms with E-state index in [0.29, 0.717) is 11.1 Å². The molecule has 1 aliphatic rings. The number of hydrogen-bond acceptors (Lipinski definition) is 6. The van der Waals surface area contributed by atoms with Crippen LogP contribution in [0.25, 0.3) is 22.2 Å². The molecule has 5 rings (SSSR count). The van der Waals surface area contributed by atoms with Gasteiger partial charge in [-0.15, -0.1) is 0 Å². The standard InChI is InChI=1S/C29H31N3O4/c1-20(2)28(33)35-19-32-26-10-6-9-25(27(26)36-29(32)34)31-16-15-30-18-24(31)17-21-11-13-23(14-12-21)22-7-4-3-5-8-22/h3-14,20,24,30H,15-19H2,1-2H3. The van der Waals surface area contributed by atoms with Crippen molar-refractivity contribution >= 4 is 22.8 Å². The summed E-state index contributed by atoms with van der Waals surface area (Å²) in [6.07, 6.45) is 0.857. The molecule has 7 heteroatoms. The lowest BCUT2D eigenvalue weighted by Crippen LogP contribution is -2.52. The van der Waals surface area contributed by atoms with Crippen molar-refractivity contribution in [2.24, 2.45) is 5.92 Å². The van der Waals surface area contributed by atoms with Crippen LogP contribution in [0.1, 0.15) is 19.4 Å². The van der Waals surface area contributed by atoms with E-state index in [2.05, 4.69) is 58.7 Å². The van der Waals surface area contributed by atoms with Gasteiger partial charge in [-0.05, 0) is 35.2 Å². The van der Waals surface area contributed by atoms with E-state index in [0.717, 1.165) is 31.7 Å². The minimum Gasteiger partial charge on any atom is -0.443 e. The normalized spacial score (nSPS) is 16.0. The average Bonchev–Trinajstić information content (AvgIpc) is 3.23. The van der Waals surface area contributed by atoms with Crippen molar-refractivity contribution in [3.8, 4) is 11.1 Å². The van der Waals surface area contributed by atoms with Crippen LogP contribution in [-0.4, -0.2) is 36.2 Å². The number of hydrogen-bond donors (Lipinski definition) is 1. The van der Waals surface area contributed by atoms with Crippen molar-refractivity contribution in [2.45, 2.75) is 33.0 Å². The largest absolute Gasteiger partial charge is 0.443 e. The van der Waals surface area contributed by atoms with Gasteiger partial charge in [0.15, 0.2) is 12.3 Å². The van der Waals surface area contributed by atoms with E-state index in [1.165, 1.54) is 21.3 Å². The summed E-state index contributed by atoms with van der Waals surface area (Å²) >= 11 is 0. The lowest BCUT2D eigenvalue weighted by atomic mass is 9.98. The topological polar surface area (TPSA) is 76.7 Å². The monoisotopic (exact) mass is 485 g/mol. The van der Waals surface area contributed by atoms with Gasteiger partial charge in [0.1, 0.15) is 0 Å². The number of fused-ring (bicyclic) bond motifs is 1. The van der Waals surface area contributed by atoms with Gasteiger partial charge < -0.3 is 19.4 Å². The number of ether oxygens (including phenoxy) is 1. The summed E-state index contributed by atoms with van der Waals surface area (Å²) in [4.78, 5) is 26.9. The predicted octanol–water partition coefficient (Wildman–Crippen LogP) is 4.44. The van der Waals surface area contributed by atoms with Crippen LogP contribution in [0.4, 0.5) is 5.69 Å². The lowest BCUT2D eigenvalue weighted by Gasteiger charge is -2.38. The van der Waals surface area contributed by atoms with Crippen molar-refractivity contribution in [1.82, 2.24) is 9.88 Å². The van der Waals surface area contributed by atoms with Crippen molar-refractivity contribution in [3.05, 3.63) is 88.9 Å². The molecule has 2 heterocycles. The molecule has 36 heavy (non-hydrogen) atoms. The van der Waals surface area contributed by atoms with E-state index in [1.54, 1.807) is 13.8 Å². The highest BCUT2D eigenvalue weighted by atomic mass is 16.5. The van der Waals surface area contributed by atoms with Crippen molar-refractivity contribution in [1.29, 1.82) is 0 Å². The number of anilines is 1. The Morgan fingerprint density at radius 2 is 1.78 bits per heavy atom. The highest BCUT2D eigenvalue weighted by Crippen LogP contribution is 2.30. The Morgan fingerprint density at radius 3 is 2.53 bits per heavy atom. The zero-order valence-corrected chi connectivity index (χ0v) is 20.6. The third-order valence-electron chi connectivity index (χ3n) is 6.67. The predicted molar refractivity (Wildman–Crippen MR) is 141 cm³/mol. The molecular weight excluding hydrogens is 454 g/mol. The first-order valence-corrected chi connectivity index (χ1v) is 12.4.